The molecule has 3 amide bonds. The highest BCUT2D eigenvalue weighted by atomic mass is 32.2. The fourth-order valence-corrected chi connectivity index (χ4v) is 5.15. The van der Waals surface area contributed by atoms with E-state index in [-0.39, 0.29) is 24.3 Å². The maximum absolute atomic E-state index is 13.3. The van der Waals surface area contributed by atoms with Gasteiger partial charge in [0.1, 0.15) is 12.3 Å². The van der Waals surface area contributed by atoms with Crippen LogP contribution in [0.3, 0.4) is 0 Å². The van der Waals surface area contributed by atoms with Crippen molar-refractivity contribution >= 4 is 35.2 Å². The lowest BCUT2D eigenvalue weighted by Gasteiger charge is -2.36. The van der Waals surface area contributed by atoms with Crippen molar-refractivity contribution in [3.63, 3.8) is 0 Å². The number of carbonyl (C=O) groups is 3. The van der Waals surface area contributed by atoms with Gasteiger partial charge in [0.05, 0.1) is 12.8 Å². The molecule has 2 aromatic rings. The molecule has 2 aliphatic heterocycles. The maximum atomic E-state index is 13.3. The van der Waals surface area contributed by atoms with E-state index >= 15 is 0 Å². The first-order valence-corrected chi connectivity index (χ1v) is 11.7. The van der Waals surface area contributed by atoms with Gasteiger partial charge in [0.15, 0.2) is 5.25 Å². The third-order valence-corrected chi connectivity index (χ3v) is 6.97. The molecule has 0 spiro atoms. The minimum absolute atomic E-state index is 0.129. The first kappa shape index (κ1) is 22.2. The number of carbonyl (C=O) groups excluding carboxylic acids is 3. The van der Waals surface area contributed by atoms with E-state index in [1.807, 2.05) is 48.5 Å². The van der Waals surface area contributed by atoms with Gasteiger partial charge in [0.25, 0.3) is 5.91 Å². The summed E-state index contributed by atoms with van der Waals surface area (Å²) in [5, 5.41) is 2.02. The number of hydrogen-bond acceptors (Lipinski definition) is 5. The van der Waals surface area contributed by atoms with Gasteiger partial charge >= 0.3 is 0 Å². The van der Waals surface area contributed by atoms with Crippen LogP contribution in [0, 0.1) is 0 Å². The Balaban J connectivity index is 1.46. The largest absolute Gasteiger partial charge is 0.497 e. The summed E-state index contributed by atoms with van der Waals surface area (Å²) in [6, 6.07) is 14.9. The van der Waals surface area contributed by atoms with Crippen LogP contribution in [0.4, 0.5) is 5.69 Å². The Kier molecular flexibility index (Phi) is 6.99. The summed E-state index contributed by atoms with van der Waals surface area (Å²) in [5.74, 6) is -0.0146. The number of benzene rings is 2. The third-order valence-electron chi connectivity index (χ3n) is 5.73. The summed E-state index contributed by atoms with van der Waals surface area (Å²) in [7, 11) is 1.60. The minimum Gasteiger partial charge on any atom is -0.497 e. The van der Waals surface area contributed by atoms with Crippen LogP contribution in [-0.4, -0.2) is 54.6 Å². The van der Waals surface area contributed by atoms with Crippen LogP contribution in [0.1, 0.15) is 24.8 Å². The SMILES string of the molecule is COc1ccc(CNC(=O)CN2C(=O)[C@@H](C(=O)N3CCCCC3)Sc3ccccc32)cc1. The van der Waals surface area contributed by atoms with E-state index in [2.05, 4.69) is 5.32 Å². The van der Waals surface area contributed by atoms with Crippen LogP contribution in [0.25, 0.3) is 0 Å². The number of nitrogens with zero attached hydrogens (tertiary/aromatic N) is 2. The second-order valence-corrected chi connectivity index (χ2v) is 9.05. The molecule has 1 fully saturated rings. The van der Waals surface area contributed by atoms with Crippen LogP contribution in [0.2, 0.25) is 0 Å². The summed E-state index contributed by atoms with van der Waals surface area (Å²) >= 11 is 1.29. The van der Waals surface area contributed by atoms with E-state index in [4.69, 9.17) is 4.74 Å². The molecule has 2 aliphatic rings. The Hall–Kier alpha value is -3.00. The van der Waals surface area contributed by atoms with Gasteiger partial charge in [0.2, 0.25) is 11.8 Å². The summed E-state index contributed by atoms with van der Waals surface area (Å²) in [6.07, 6.45) is 3.04. The van der Waals surface area contributed by atoms with E-state index in [1.165, 1.54) is 16.7 Å². The zero-order valence-electron chi connectivity index (χ0n) is 18.1. The van der Waals surface area contributed by atoms with Crippen molar-refractivity contribution in [2.24, 2.45) is 0 Å². The quantitative estimate of drug-likeness (QED) is 0.681. The Labute approximate surface area is 192 Å². The molecule has 8 heteroatoms. The average molecular weight is 454 g/mol. The van der Waals surface area contributed by atoms with Crippen molar-refractivity contribution in [3.05, 3.63) is 54.1 Å². The van der Waals surface area contributed by atoms with E-state index < -0.39 is 5.25 Å². The Bertz CT molecular complexity index is 989. The number of likely N-dealkylation sites (tertiary alicyclic amines) is 1. The summed E-state index contributed by atoms with van der Waals surface area (Å²) < 4.78 is 5.15. The number of thioether (sulfide) groups is 1. The van der Waals surface area contributed by atoms with Crippen molar-refractivity contribution in [2.75, 3.05) is 31.6 Å². The van der Waals surface area contributed by atoms with Crippen LogP contribution in [-0.2, 0) is 20.9 Å². The number of ether oxygens (including phenoxy) is 1. The zero-order chi connectivity index (χ0) is 22.5. The van der Waals surface area contributed by atoms with Crippen molar-refractivity contribution in [1.82, 2.24) is 10.2 Å². The first-order chi connectivity index (χ1) is 15.6. The molecule has 4 rings (SSSR count). The van der Waals surface area contributed by atoms with Gasteiger partial charge in [-0.25, -0.2) is 0 Å². The van der Waals surface area contributed by atoms with Gasteiger partial charge in [-0.05, 0) is 49.1 Å². The summed E-state index contributed by atoms with van der Waals surface area (Å²) in [5.41, 5.74) is 1.60. The monoisotopic (exact) mass is 453 g/mol. The van der Waals surface area contributed by atoms with Crippen LogP contribution in [0.5, 0.6) is 5.75 Å². The van der Waals surface area contributed by atoms with Crippen molar-refractivity contribution < 1.29 is 19.1 Å². The molecule has 0 aromatic heterocycles. The van der Waals surface area contributed by atoms with E-state index in [0.29, 0.717) is 25.3 Å². The molecule has 0 saturated carbocycles. The number of methoxy groups -OCH3 is 1. The van der Waals surface area contributed by atoms with Crippen molar-refractivity contribution in [2.45, 2.75) is 36.0 Å². The van der Waals surface area contributed by atoms with Gasteiger partial charge in [0, 0.05) is 24.5 Å². The molecule has 1 saturated heterocycles. The normalized spacial score (nSPS) is 18.2. The molecule has 0 bridgehead atoms. The number of para-hydroxylation sites is 1. The summed E-state index contributed by atoms with van der Waals surface area (Å²) in [6.45, 7) is 1.59. The van der Waals surface area contributed by atoms with Crippen LogP contribution < -0.4 is 15.0 Å². The van der Waals surface area contributed by atoms with Crippen LogP contribution >= 0.6 is 11.8 Å². The predicted molar refractivity (Wildman–Crippen MR) is 124 cm³/mol. The lowest BCUT2D eigenvalue weighted by Crippen LogP contribution is -2.52. The van der Waals surface area contributed by atoms with Crippen molar-refractivity contribution in [3.8, 4) is 5.75 Å². The molecule has 32 heavy (non-hydrogen) atoms. The maximum Gasteiger partial charge on any atom is 0.250 e. The molecule has 0 radical (unpaired) electrons. The summed E-state index contributed by atoms with van der Waals surface area (Å²) in [4.78, 5) is 43.2. The number of fused-ring (bicyclic) bond motifs is 1. The highest BCUT2D eigenvalue weighted by molar-refractivity contribution is 8.01. The van der Waals surface area contributed by atoms with E-state index in [9.17, 15) is 14.4 Å². The minimum atomic E-state index is -0.850. The standard InChI is InChI=1S/C24H27N3O4S/c1-31-18-11-9-17(10-12-18)15-25-21(28)16-27-19-7-3-4-8-20(19)32-22(24(27)30)23(29)26-13-5-2-6-14-26/h3-4,7-12,22H,2,5-6,13-16H2,1H3,(H,25,28)/t22-/m1/s1. The highest BCUT2D eigenvalue weighted by Crippen LogP contribution is 2.39. The molecule has 0 unspecified atom stereocenters. The van der Waals surface area contributed by atoms with Crippen LogP contribution in [0.15, 0.2) is 53.4 Å². The lowest BCUT2D eigenvalue weighted by molar-refractivity contribution is -0.135. The number of amides is 3. The van der Waals surface area contributed by atoms with Gasteiger partial charge in [-0.3, -0.25) is 14.4 Å². The molecular formula is C24H27N3O4S. The molecule has 0 aliphatic carbocycles. The second-order valence-electron chi connectivity index (χ2n) is 7.90. The average Bonchev–Trinajstić information content (AvgIpc) is 2.84. The second kappa shape index (κ2) is 10.1. The Morgan fingerprint density at radius 2 is 1.78 bits per heavy atom. The Morgan fingerprint density at radius 1 is 1.06 bits per heavy atom. The lowest BCUT2D eigenvalue weighted by atomic mass is 10.1. The van der Waals surface area contributed by atoms with Gasteiger partial charge in [-0.2, -0.15) is 0 Å². The zero-order valence-corrected chi connectivity index (χ0v) is 18.9. The van der Waals surface area contributed by atoms with Gasteiger partial charge in [-0.15, -0.1) is 11.8 Å². The number of hydrogen-bond donors (Lipinski definition) is 1. The molecule has 7 nitrogen and oxygen atoms in total. The van der Waals surface area contributed by atoms with Gasteiger partial charge < -0.3 is 19.9 Å². The van der Waals surface area contributed by atoms with Crippen molar-refractivity contribution in [1.29, 1.82) is 0 Å². The number of piperidine rings is 1. The predicted octanol–water partition coefficient (Wildman–Crippen LogP) is 2.83. The fourth-order valence-electron chi connectivity index (χ4n) is 3.96. The smallest absolute Gasteiger partial charge is 0.250 e. The highest BCUT2D eigenvalue weighted by Gasteiger charge is 2.40. The molecular weight excluding hydrogens is 426 g/mol. The molecule has 2 aromatic carbocycles. The fraction of sp³-hybridized carbons (Fsp3) is 0.375. The van der Waals surface area contributed by atoms with E-state index in [1.54, 1.807) is 12.0 Å². The first-order valence-electron chi connectivity index (χ1n) is 10.8. The number of rotatable bonds is 6. The Morgan fingerprint density at radius 3 is 2.50 bits per heavy atom. The topological polar surface area (TPSA) is 79.0 Å². The number of anilines is 1. The third kappa shape index (κ3) is 4.91. The molecule has 1 N–H and O–H groups in total. The van der Waals surface area contributed by atoms with Gasteiger partial charge in [-0.1, -0.05) is 24.3 Å². The molecule has 2 heterocycles. The number of nitrogens with one attached hydrogen (secondary N) is 1. The molecule has 168 valence electrons. The molecule has 1 atom stereocenters. The van der Waals surface area contributed by atoms with E-state index in [0.717, 1.165) is 35.5 Å².